The van der Waals surface area contributed by atoms with Crippen LogP contribution in [0.3, 0.4) is 0 Å². The topological polar surface area (TPSA) is 98.4 Å². The quantitative estimate of drug-likeness (QED) is 0.342. The van der Waals surface area contributed by atoms with E-state index in [0.29, 0.717) is 22.3 Å². The summed E-state index contributed by atoms with van der Waals surface area (Å²) < 4.78 is 0. The molecule has 8 heteroatoms. The van der Waals surface area contributed by atoms with Gasteiger partial charge in [0.05, 0.1) is 34.4 Å². The molecule has 0 aliphatic carbocycles. The summed E-state index contributed by atoms with van der Waals surface area (Å²) in [6, 6.07) is 33.5. The molecular formula is C32H24BN5Si2. The van der Waals surface area contributed by atoms with Crippen LogP contribution in [0.1, 0.15) is 22.3 Å². The molecule has 2 heterocycles. The Labute approximate surface area is 236 Å². The van der Waals surface area contributed by atoms with Crippen LogP contribution in [0.4, 0.5) is 11.4 Å². The lowest BCUT2D eigenvalue weighted by molar-refractivity contribution is 1.32. The maximum atomic E-state index is 10.5. The molecular weight excluding hydrogens is 521 g/mol. The fraction of sp³-hybridized carbons (Fsp3) is 0.125. The van der Waals surface area contributed by atoms with Crippen molar-refractivity contribution in [2.45, 2.75) is 26.2 Å². The Balaban J connectivity index is 1.82. The maximum absolute atomic E-state index is 10.5. The third-order valence-corrected chi connectivity index (χ3v) is 15.7. The minimum Gasteiger partial charge on any atom is -0.375 e. The molecule has 5 nitrogen and oxygen atoms in total. The normalized spacial score (nSPS) is 15.2. The number of anilines is 2. The third kappa shape index (κ3) is 3.35. The minimum absolute atomic E-state index is 0.296. The van der Waals surface area contributed by atoms with Gasteiger partial charge in [-0.05, 0) is 34.6 Å². The highest BCUT2D eigenvalue weighted by Gasteiger charge is 2.49. The second-order valence-corrected chi connectivity index (χ2v) is 20.1. The van der Waals surface area contributed by atoms with E-state index >= 15 is 0 Å². The van der Waals surface area contributed by atoms with Crippen LogP contribution < -0.4 is 36.5 Å². The molecule has 6 rings (SSSR count). The highest BCUT2D eigenvalue weighted by Crippen LogP contribution is 2.38. The van der Waals surface area contributed by atoms with Gasteiger partial charge in [0.25, 0.3) is 0 Å². The minimum atomic E-state index is -2.58. The predicted molar refractivity (Wildman–Crippen MR) is 165 cm³/mol. The van der Waals surface area contributed by atoms with Crippen molar-refractivity contribution in [3.8, 4) is 24.3 Å². The lowest BCUT2D eigenvalue weighted by atomic mass is 9.48. The van der Waals surface area contributed by atoms with Gasteiger partial charge in [-0.15, -0.1) is 0 Å². The van der Waals surface area contributed by atoms with Gasteiger partial charge in [-0.2, -0.15) is 21.0 Å². The lowest BCUT2D eigenvalue weighted by Gasteiger charge is -2.48. The van der Waals surface area contributed by atoms with E-state index in [1.54, 1.807) is 12.1 Å². The first-order valence-electron chi connectivity index (χ1n) is 13.1. The highest BCUT2D eigenvalue weighted by atomic mass is 28.3. The molecule has 0 amide bonds. The van der Waals surface area contributed by atoms with Crippen molar-refractivity contribution >= 4 is 66.0 Å². The first-order chi connectivity index (χ1) is 19.2. The van der Waals surface area contributed by atoms with Crippen molar-refractivity contribution in [2.24, 2.45) is 0 Å². The summed E-state index contributed by atoms with van der Waals surface area (Å²) in [4.78, 5) is 2.18. The highest BCUT2D eigenvalue weighted by molar-refractivity contribution is 7.12. The van der Waals surface area contributed by atoms with Gasteiger partial charge in [0.15, 0.2) is 0 Å². The molecule has 40 heavy (non-hydrogen) atoms. The Kier molecular flexibility index (Phi) is 5.61. The van der Waals surface area contributed by atoms with Gasteiger partial charge < -0.3 is 4.81 Å². The number of nitriles is 4. The van der Waals surface area contributed by atoms with E-state index < -0.39 is 16.1 Å². The lowest BCUT2D eigenvalue weighted by Crippen LogP contribution is -2.78. The molecule has 0 aromatic heterocycles. The van der Waals surface area contributed by atoms with Crippen LogP contribution in [-0.2, 0) is 0 Å². The van der Waals surface area contributed by atoms with E-state index in [-0.39, 0.29) is 6.85 Å². The van der Waals surface area contributed by atoms with E-state index in [4.69, 9.17) is 0 Å². The number of hydrogen-bond acceptors (Lipinski definition) is 5. The second kappa shape index (κ2) is 8.84. The summed E-state index contributed by atoms with van der Waals surface area (Å²) in [6.07, 6.45) is 0. The molecule has 0 saturated carbocycles. The summed E-state index contributed by atoms with van der Waals surface area (Å²) in [5.74, 6) is 0. The molecule has 2 aliphatic heterocycles. The van der Waals surface area contributed by atoms with Crippen molar-refractivity contribution in [3.05, 3.63) is 95.1 Å². The van der Waals surface area contributed by atoms with Gasteiger partial charge in [-0.3, -0.25) is 0 Å². The van der Waals surface area contributed by atoms with Crippen molar-refractivity contribution in [1.82, 2.24) is 0 Å². The molecule has 0 saturated heterocycles. The molecule has 0 N–H and O–H groups in total. The van der Waals surface area contributed by atoms with Crippen LogP contribution in [0.2, 0.25) is 26.2 Å². The van der Waals surface area contributed by atoms with E-state index in [9.17, 15) is 21.0 Å². The van der Waals surface area contributed by atoms with Crippen LogP contribution in [0, 0.1) is 45.3 Å². The summed E-state index contributed by atoms with van der Waals surface area (Å²) >= 11 is 0. The van der Waals surface area contributed by atoms with E-state index in [2.05, 4.69) is 104 Å². The monoisotopic (exact) mass is 545 g/mol. The average molecular weight is 546 g/mol. The van der Waals surface area contributed by atoms with Crippen LogP contribution in [0.25, 0.3) is 0 Å². The molecule has 2 aliphatic rings. The Morgan fingerprint density at radius 2 is 0.950 bits per heavy atom. The van der Waals surface area contributed by atoms with Gasteiger partial charge in [-0.1, -0.05) is 96.0 Å². The van der Waals surface area contributed by atoms with E-state index in [0.717, 1.165) is 32.7 Å². The van der Waals surface area contributed by atoms with Gasteiger partial charge in [0, 0.05) is 11.4 Å². The Morgan fingerprint density at radius 1 is 0.550 bits per heavy atom. The average Bonchev–Trinajstić information content (AvgIpc) is 2.97. The summed E-state index contributed by atoms with van der Waals surface area (Å²) in [6.45, 7) is 8.79. The van der Waals surface area contributed by atoms with Gasteiger partial charge in [0.2, 0.25) is 0 Å². The third-order valence-electron chi connectivity index (χ3n) is 8.66. The molecule has 188 valence electrons. The number of fused-ring (bicyclic) bond motifs is 4. The molecule has 0 atom stereocenters. The Hall–Kier alpha value is -4.86. The van der Waals surface area contributed by atoms with Gasteiger partial charge in [-0.25, -0.2) is 0 Å². The summed E-state index contributed by atoms with van der Waals surface area (Å²) in [5, 5.41) is 45.3. The van der Waals surface area contributed by atoms with Crippen LogP contribution in [0.15, 0.2) is 72.8 Å². The number of hydrogen-bond donors (Lipinski definition) is 0. The smallest absolute Gasteiger partial charge is 0.328 e. The second-order valence-electron chi connectivity index (χ2n) is 11.5. The summed E-state index contributed by atoms with van der Waals surface area (Å²) in [7, 11) is -4.63. The number of benzene rings is 4. The zero-order valence-corrected chi connectivity index (χ0v) is 24.7. The first kappa shape index (κ1) is 25.4. The van der Waals surface area contributed by atoms with Crippen LogP contribution >= 0.6 is 0 Å². The number of rotatable bonds is 1. The zero-order chi connectivity index (χ0) is 28.4. The standard InChI is InChI=1S/C32H24BN5Si2/c1-39(2)27-11-7-5-9-25(27)33(26-10-6-8-12-28(26)39)38-31-23(19-36)13-21(17-34)15-29(31)40(3,4)30-16-22(18-35)14-24(20-37)32(30)38/h5-16H,1-4H3. The maximum Gasteiger partial charge on any atom is 0.328 e. The van der Waals surface area contributed by atoms with Gasteiger partial charge >= 0.3 is 6.85 Å². The number of nitrogens with zero attached hydrogens (tertiary/aromatic N) is 5. The van der Waals surface area contributed by atoms with Crippen LogP contribution in [-0.4, -0.2) is 23.0 Å². The molecule has 0 bridgehead atoms. The fourth-order valence-electron chi connectivity index (χ4n) is 6.76. The largest absolute Gasteiger partial charge is 0.375 e. The van der Waals surface area contributed by atoms with Crippen molar-refractivity contribution in [3.63, 3.8) is 0 Å². The van der Waals surface area contributed by atoms with Crippen molar-refractivity contribution < 1.29 is 0 Å². The molecule has 4 aromatic rings. The Morgan fingerprint density at radius 3 is 1.35 bits per heavy atom. The summed E-state index contributed by atoms with van der Waals surface area (Å²) in [5.41, 5.74) is 5.58. The van der Waals surface area contributed by atoms with Crippen molar-refractivity contribution in [2.75, 3.05) is 4.81 Å². The first-order valence-corrected chi connectivity index (χ1v) is 19.1. The molecule has 0 fully saturated rings. The van der Waals surface area contributed by atoms with E-state index in [1.807, 2.05) is 12.1 Å². The van der Waals surface area contributed by atoms with Crippen molar-refractivity contribution in [1.29, 1.82) is 21.0 Å². The van der Waals surface area contributed by atoms with Gasteiger partial charge in [0.1, 0.15) is 28.3 Å². The van der Waals surface area contributed by atoms with E-state index in [1.165, 1.54) is 10.4 Å². The zero-order valence-electron chi connectivity index (χ0n) is 22.7. The molecule has 0 unspecified atom stereocenters. The predicted octanol–water partition coefficient (Wildman–Crippen LogP) is 2.39. The van der Waals surface area contributed by atoms with Crippen LogP contribution in [0.5, 0.6) is 0 Å². The SMILES string of the molecule is C[Si]1(C)c2ccccc2B(N2c3c(C#N)cc(C#N)cc3[Si](C)(C)c3cc(C#N)cc(C#N)c32)c2ccccc21. The Bertz CT molecular complexity index is 1800. The molecule has 0 radical (unpaired) electrons. The molecule has 0 spiro atoms. The fourth-order valence-corrected chi connectivity index (χ4v) is 13.0. The molecule has 4 aromatic carbocycles.